The van der Waals surface area contributed by atoms with Crippen LogP contribution in [0.15, 0.2) is 0 Å². The third-order valence-corrected chi connectivity index (χ3v) is 3.44. The maximum absolute atomic E-state index is 12.0. The van der Waals surface area contributed by atoms with E-state index in [0.717, 1.165) is 0 Å². The Labute approximate surface area is 131 Å². The molecule has 1 heterocycles. The Bertz CT molecular complexity index is 458. The van der Waals surface area contributed by atoms with Crippen LogP contribution in [-0.2, 0) is 14.3 Å². The fourth-order valence-corrected chi connectivity index (χ4v) is 2.25. The molecule has 7 nitrogen and oxygen atoms in total. The summed E-state index contributed by atoms with van der Waals surface area (Å²) in [5.41, 5.74) is -1.34. The molecule has 0 unspecified atom stereocenters. The van der Waals surface area contributed by atoms with Gasteiger partial charge in [-0.05, 0) is 27.7 Å². The van der Waals surface area contributed by atoms with E-state index in [2.05, 4.69) is 11.4 Å². The van der Waals surface area contributed by atoms with Crippen molar-refractivity contribution in [2.45, 2.75) is 45.8 Å². The van der Waals surface area contributed by atoms with E-state index in [9.17, 15) is 9.59 Å². The highest BCUT2D eigenvalue weighted by atomic mass is 16.6. The van der Waals surface area contributed by atoms with Crippen molar-refractivity contribution in [3.63, 3.8) is 0 Å². The van der Waals surface area contributed by atoms with Crippen molar-refractivity contribution in [1.29, 1.82) is 5.26 Å². The summed E-state index contributed by atoms with van der Waals surface area (Å²) >= 11 is 0. The van der Waals surface area contributed by atoms with Gasteiger partial charge in [0, 0.05) is 25.7 Å². The lowest BCUT2D eigenvalue weighted by Gasteiger charge is -2.47. The van der Waals surface area contributed by atoms with Gasteiger partial charge in [-0.15, -0.1) is 0 Å². The number of nitrogens with zero attached hydrogens (tertiary/aromatic N) is 2. The summed E-state index contributed by atoms with van der Waals surface area (Å²) in [7, 11) is 1.33. The van der Waals surface area contributed by atoms with Crippen LogP contribution in [0.25, 0.3) is 0 Å². The normalized spacial score (nSPS) is 17.9. The molecule has 1 atom stereocenters. The molecule has 1 fully saturated rings. The number of carbonyl (C=O) groups is 2. The topological polar surface area (TPSA) is 91.7 Å². The summed E-state index contributed by atoms with van der Waals surface area (Å²) in [6.07, 6.45) is -0.0790. The van der Waals surface area contributed by atoms with Crippen LogP contribution in [0, 0.1) is 16.7 Å². The van der Waals surface area contributed by atoms with Crippen molar-refractivity contribution >= 4 is 12.1 Å². The number of nitrogens with one attached hydrogen (secondary N) is 1. The molecule has 0 saturated carbocycles. The lowest BCUT2D eigenvalue weighted by atomic mass is 9.79. The first kappa shape index (κ1) is 18.2. The van der Waals surface area contributed by atoms with Crippen LogP contribution in [0.3, 0.4) is 0 Å². The lowest BCUT2D eigenvalue weighted by Crippen LogP contribution is -2.66. The number of carbonyl (C=O) groups excluding carboxylic acids is 2. The summed E-state index contributed by atoms with van der Waals surface area (Å²) in [6.45, 7) is 8.12. The van der Waals surface area contributed by atoms with Crippen molar-refractivity contribution in [2.24, 2.45) is 5.41 Å². The van der Waals surface area contributed by atoms with Crippen molar-refractivity contribution in [2.75, 3.05) is 26.7 Å². The summed E-state index contributed by atoms with van der Waals surface area (Å²) in [5, 5.41) is 11.8. The second kappa shape index (κ2) is 6.97. The molecule has 7 heteroatoms. The maximum atomic E-state index is 12.0. The molecule has 1 saturated heterocycles. The SMILES string of the molecule is COC(=O)C1(CN[C@@H](C)CC#N)CN(C(=O)OC(C)(C)C)C1. The van der Waals surface area contributed by atoms with Gasteiger partial charge in [-0.2, -0.15) is 5.26 Å². The third kappa shape index (κ3) is 4.60. The number of hydrogen-bond donors (Lipinski definition) is 1. The van der Waals surface area contributed by atoms with Crippen molar-refractivity contribution < 1.29 is 19.1 Å². The standard InChI is InChI=1S/C15H25N3O4/c1-11(6-7-16)17-8-15(12(19)21-5)9-18(10-15)13(20)22-14(2,3)4/h11,17H,6,8-10H2,1-5H3/t11-/m0/s1. The predicted octanol–water partition coefficient (Wildman–Crippen LogP) is 1.29. The first-order valence-corrected chi connectivity index (χ1v) is 7.30. The molecule has 22 heavy (non-hydrogen) atoms. The second-order valence-electron chi connectivity index (χ2n) is 6.75. The molecular formula is C15H25N3O4. The van der Waals surface area contributed by atoms with E-state index in [1.807, 2.05) is 6.92 Å². The Morgan fingerprint density at radius 3 is 2.45 bits per heavy atom. The number of amides is 1. The Morgan fingerprint density at radius 1 is 1.41 bits per heavy atom. The van der Waals surface area contributed by atoms with Crippen molar-refractivity contribution in [3.05, 3.63) is 0 Å². The zero-order chi connectivity index (χ0) is 17.0. The quantitative estimate of drug-likeness (QED) is 0.769. The molecule has 0 radical (unpaired) electrons. The smallest absolute Gasteiger partial charge is 0.410 e. The van der Waals surface area contributed by atoms with Gasteiger partial charge in [0.1, 0.15) is 11.0 Å². The third-order valence-electron chi connectivity index (χ3n) is 3.44. The molecule has 0 aliphatic carbocycles. The molecular weight excluding hydrogens is 286 g/mol. The minimum Gasteiger partial charge on any atom is -0.468 e. The van der Waals surface area contributed by atoms with Crippen LogP contribution < -0.4 is 5.32 Å². The maximum Gasteiger partial charge on any atom is 0.410 e. The molecule has 1 aliphatic rings. The first-order chi connectivity index (χ1) is 10.1. The molecule has 1 aliphatic heterocycles. The number of likely N-dealkylation sites (tertiary alicyclic amines) is 1. The van der Waals surface area contributed by atoms with Gasteiger partial charge in [0.2, 0.25) is 0 Å². The number of methoxy groups -OCH3 is 1. The number of ether oxygens (including phenoxy) is 2. The molecule has 1 amide bonds. The molecule has 0 aromatic heterocycles. The Balaban J connectivity index is 2.62. The average Bonchev–Trinajstić information content (AvgIpc) is 2.35. The van der Waals surface area contributed by atoms with E-state index >= 15 is 0 Å². The van der Waals surface area contributed by atoms with Gasteiger partial charge in [0.05, 0.1) is 19.6 Å². The highest BCUT2D eigenvalue weighted by molar-refractivity contribution is 5.82. The summed E-state index contributed by atoms with van der Waals surface area (Å²) in [4.78, 5) is 25.5. The van der Waals surface area contributed by atoms with Crippen LogP contribution in [0.5, 0.6) is 0 Å². The van der Waals surface area contributed by atoms with Crippen LogP contribution >= 0.6 is 0 Å². The Hall–Kier alpha value is -1.81. The van der Waals surface area contributed by atoms with Crippen molar-refractivity contribution in [1.82, 2.24) is 10.2 Å². The highest BCUT2D eigenvalue weighted by Gasteiger charge is 2.52. The summed E-state index contributed by atoms with van der Waals surface area (Å²) in [6, 6.07) is 2.05. The van der Waals surface area contributed by atoms with E-state index in [1.165, 1.54) is 12.0 Å². The zero-order valence-electron chi connectivity index (χ0n) is 13.9. The largest absolute Gasteiger partial charge is 0.468 e. The number of esters is 1. The summed E-state index contributed by atoms with van der Waals surface area (Å²) in [5.74, 6) is -0.357. The molecule has 0 spiro atoms. The van der Waals surface area contributed by atoms with Crippen LogP contribution in [0.2, 0.25) is 0 Å². The molecule has 124 valence electrons. The highest BCUT2D eigenvalue weighted by Crippen LogP contribution is 2.32. The van der Waals surface area contributed by atoms with Crippen LogP contribution in [0.1, 0.15) is 34.1 Å². The van der Waals surface area contributed by atoms with Gasteiger partial charge < -0.3 is 19.7 Å². The Morgan fingerprint density at radius 2 is 2.00 bits per heavy atom. The van der Waals surface area contributed by atoms with Gasteiger partial charge in [-0.3, -0.25) is 4.79 Å². The van der Waals surface area contributed by atoms with E-state index in [1.54, 1.807) is 20.8 Å². The molecule has 0 aromatic rings. The number of nitriles is 1. The summed E-state index contributed by atoms with van der Waals surface area (Å²) < 4.78 is 10.1. The number of rotatable bonds is 5. The van der Waals surface area contributed by atoms with Gasteiger partial charge in [0.15, 0.2) is 0 Å². The molecule has 0 aromatic carbocycles. The van der Waals surface area contributed by atoms with E-state index in [4.69, 9.17) is 14.7 Å². The zero-order valence-corrected chi connectivity index (χ0v) is 13.9. The van der Waals surface area contributed by atoms with Crippen molar-refractivity contribution in [3.8, 4) is 6.07 Å². The van der Waals surface area contributed by atoms with E-state index < -0.39 is 17.1 Å². The first-order valence-electron chi connectivity index (χ1n) is 7.30. The Kier molecular flexibility index (Phi) is 5.78. The molecule has 1 N–H and O–H groups in total. The lowest BCUT2D eigenvalue weighted by molar-refractivity contribution is -0.162. The van der Waals surface area contributed by atoms with E-state index in [-0.39, 0.29) is 25.1 Å². The van der Waals surface area contributed by atoms with Gasteiger partial charge >= 0.3 is 12.1 Å². The fourth-order valence-electron chi connectivity index (χ4n) is 2.25. The van der Waals surface area contributed by atoms with E-state index in [0.29, 0.717) is 13.0 Å². The minimum absolute atomic E-state index is 0.0258. The molecule has 0 bridgehead atoms. The van der Waals surface area contributed by atoms with Crippen LogP contribution in [0.4, 0.5) is 4.79 Å². The van der Waals surface area contributed by atoms with Gasteiger partial charge in [-0.1, -0.05) is 0 Å². The fraction of sp³-hybridized carbons (Fsp3) is 0.800. The van der Waals surface area contributed by atoms with Gasteiger partial charge in [0.25, 0.3) is 0 Å². The monoisotopic (exact) mass is 311 g/mol. The minimum atomic E-state index is -0.768. The molecule has 1 rings (SSSR count). The van der Waals surface area contributed by atoms with Gasteiger partial charge in [-0.25, -0.2) is 4.79 Å². The predicted molar refractivity (Wildman–Crippen MR) is 80.0 cm³/mol. The average molecular weight is 311 g/mol. The van der Waals surface area contributed by atoms with Crippen LogP contribution in [-0.4, -0.2) is 55.3 Å². The number of hydrogen-bond acceptors (Lipinski definition) is 6. The second-order valence-corrected chi connectivity index (χ2v) is 6.75.